The van der Waals surface area contributed by atoms with E-state index in [1.807, 2.05) is 0 Å². The Bertz CT molecular complexity index is 270. The minimum Gasteiger partial charge on any atom is -0.385 e. The minimum atomic E-state index is -0.922. The zero-order chi connectivity index (χ0) is 9.90. The normalized spacial score (nSPS) is 15.7. The van der Waals surface area contributed by atoms with Gasteiger partial charge in [0.05, 0.1) is 11.9 Å². The van der Waals surface area contributed by atoms with Crippen LogP contribution in [-0.4, -0.2) is 33.8 Å². The van der Waals surface area contributed by atoms with E-state index < -0.39 is 5.60 Å². The highest BCUT2D eigenvalue weighted by molar-refractivity contribution is 5.05. The molecule has 0 saturated carbocycles. The summed E-state index contributed by atoms with van der Waals surface area (Å²) < 4.78 is 6.47. The van der Waals surface area contributed by atoms with Crippen molar-refractivity contribution < 1.29 is 9.84 Å². The molecule has 1 atom stereocenters. The Balaban J connectivity index is 2.74. The van der Waals surface area contributed by atoms with Gasteiger partial charge in [-0.15, -0.1) is 5.10 Å². The molecule has 0 fully saturated rings. The molecule has 0 aliphatic heterocycles. The molecule has 1 aromatic heterocycles. The molecule has 0 bridgehead atoms. The van der Waals surface area contributed by atoms with Crippen LogP contribution >= 0.6 is 0 Å². The third-order valence-electron chi connectivity index (χ3n) is 2.06. The Kier molecular flexibility index (Phi) is 3.00. The van der Waals surface area contributed by atoms with E-state index in [1.165, 1.54) is 0 Å². The van der Waals surface area contributed by atoms with Gasteiger partial charge >= 0.3 is 0 Å². The molecule has 1 heterocycles. The van der Waals surface area contributed by atoms with E-state index in [4.69, 9.17) is 4.74 Å². The van der Waals surface area contributed by atoms with Crippen LogP contribution in [0.2, 0.25) is 0 Å². The summed E-state index contributed by atoms with van der Waals surface area (Å²) in [4.78, 5) is 0. The van der Waals surface area contributed by atoms with Gasteiger partial charge in [-0.25, -0.2) is 4.68 Å². The monoisotopic (exact) mass is 185 g/mol. The minimum absolute atomic E-state index is 0.512. The van der Waals surface area contributed by atoms with Gasteiger partial charge in [0.2, 0.25) is 0 Å². The number of ether oxygens (including phenoxy) is 1. The van der Waals surface area contributed by atoms with Crippen molar-refractivity contribution in [1.29, 1.82) is 0 Å². The third kappa shape index (κ3) is 2.26. The van der Waals surface area contributed by atoms with Gasteiger partial charge < -0.3 is 9.84 Å². The molecule has 1 aromatic rings. The van der Waals surface area contributed by atoms with Gasteiger partial charge in [0, 0.05) is 27.2 Å². The predicted molar refractivity (Wildman–Crippen MR) is 47.1 cm³/mol. The molecule has 5 heteroatoms. The van der Waals surface area contributed by atoms with Crippen LogP contribution in [0, 0.1) is 0 Å². The summed E-state index contributed by atoms with van der Waals surface area (Å²) in [5.41, 5.74) is -0.224. The van der Waals surface area contributed by atoms with Gasteiger partial charge in [0.25, 0.3) is 0 Å². The van der Waals surface area contributed by atoms with E-state index in [-0.39, 0.29) is 0 Å². The molecule has 0 radical (unpaired) electrons. The van der Waals surface area contributed by atoms with E-state index in [0.29, 0.717) is 18.7 Å². The number of aliphatic hydroxyl groups is 1. The van der Waals surface area contributed by atoms with Crippen molar-refractivity contribution in [1.82, 2.24) is 15.0 Å². The number of nitrogens with zero attached hydrogens (tertiary/aromatic N) is 3. The van der Waals surface area contributed by atoms with Gasteiger partial charge in [-0.2, -0.15) is 0 Å². The Morgan fingerprint density at radius 2 is 2.38 bits per heavy atom. The predicted octanol–water partition coefficient (Wildman–Crippen LogP) is 0.0591. The Labute approximate surface area is 77.3 Å². The highest BCUT2D eigenvalue weighted by Gasteiger charge is 2.26. The van der Waals surface area contributed by atoms with Gasteiger partial charge in [-0.1, -0.05) is 5.21 Å². The standard InChI is InChI=1S/C8H15N3O2/c1-8(12,4-5-13-3)7-6-9-10-11(7)2/h6,12H,4-5H2,1-3H3. The number of methoxy groups -OCH3 is 1. The van der Waals surface area contributed by atoms with Crippen molar-refractivity contribution in [3.63, 3.8) is 0 Å². The molecule has 1 unspecified atom stereocenters. The van der Waals surface area contributed by atoms with Crippen LogP contribution < -0.4 is 0 Å². The summed E-state index contributed by atoms with van der Waals surface area (Å²) in [6, 6.07) is 0. The second-order valence-electron chi connectivity index (χ2n) is 3.26. The first kappa shape index (κ1) is 10.1. The molecule has 0 spiro atoms. The van der Waals surface area contributed by atoms with Crippen LogP contribution in [0.5, 0.6) is 0 Å². The Hall–Kier alpha value is -0.940. The fourth-order valence-corrected chi connectivity index (χ4v) is 1.21. The van der Waals surface area contributed by atoms with Crippen LogP contribution in [0.25, 0.3) is 0 Å². The molecule has 5 nitrogen and oxygen atoms in total. The van der Waals surface area contributed by atoms with Crippen LogP contribution in [0.4, 0.5) is 0 Å². The Morgan fingerprint density at radius 1 is 1.69 bits per heavy atom. The van der Waals surface area contributed by atoms with Gasteiger partial charge in [0.15, 0.2) is 0 Å². The first-order chi connectivity index (χ1) is 6.08. The summed E-state index contributed by atoms with van der Waals surface area (Å²) in [5, 5.41) is 17.5. The maximum absolute atomic E-state index is 10.0. The van der Waals surface area contributed by atoms with E-state index in [1.54, 1.807) is 32.0 Å². The van der Waals surface area contributed by atoms with Crippen molar-refractivity contribution in [3.05, 3.63) is 11.9 Å². The van der Waals surface area contributed by atoms with Crippen molar-refractivity contribution in [3.8, 4) is 0 Å². The molecule has 0 aromatic carbocycles. The zero-order valence-corrected chi connectivity index (χ0v) is 8.19. The summed E-state index contributed by atoms with van der Waals surface area (Å²) in [5.74, 6) is 0. The van der Waals surface area contributed by atoms with Crippen LogP contribution in [0.15, 0.2) is 6.20 Å². The first-order valence-electron chi connectivity index (χ1n) is 4.14. The molecule has 0 amide bonds. The zero-order valence-electron chi connectivity index (χ0n) is 8.19. The van der Waals surface area contributed by atoms with Crippen molar-refractivity contribution in [2.75, 3.05) is 13.7 Å². The number of hydrogen-bond donors (Lipinski definition) is 1. The molecule has 1 N–H and O–H groups in total. The lowest BCUT2D eigenvalue weighted by molar-refractivity contribution is 0.0143. The number of aromatic nitrogens is 3. The SMILES string of the molecule is COCCC(C)(O)c1cnnn1C. The summed E-state index contributed by atoms with van der Waals surface area (Å²) in [7, 11) is 3.36. The fraction of sp³-hybridized carbons (Fsp3) is 0.750. The van der Waals surface area contributed by atoms with Gasteiger partial charge in [-0.05, 0) is 6.92 Å². The van der Waals surface area contributed by atoms with Gasteiger partial charge in [-0.3, -0.25) is 0 Å². The average Bonchev–Trinajstić information content (AvgIpc) is 2.48. The first-order valence-corrected chi connectivity index (χ1v) is 4.14. The van der Waals surface area contributed by atoms with Crippen molar-refractivity contribution in [2.24, 2.45) is 7.05 Å². The topological polar surface area (TPSA) is 60.2 Å². The van der Waals surface area contributed by atoms with Crippen molar-refractivity contribution >= 4 is 0 Å². The van der Waals surface area contributed by atoms with E-state index >= 15 is 0 Å². The maximum atomic E-state index is 10.0. The molecular formula is C8H15N3O2. The molecule has 1 rings (SSSR count). The summed E-state index contributed by atoms with van der Waals surface area (Å²) in [6.07, 6.45) is 2.10. The second kappa shape index (κ2) is 3.85. The second-order valence-corrected chi connectivity index (χ2v) is 3.26. The highest BCUT2D eigenvalue weighted by Crippen LogP contribution is 2.22. The maximum Gasteiger partial charge on any atom is 0.107 e. The molecular weight excluding hydrogens is 170 g/mol. The van der Waals surface area contributed by atoms with Crippen LogP contribution in [-0.2, 0) is 17.4 Å². The largest absolute Gasteiger partial charge is 0.385 e. The lowest BCUT2D eigenvalue weighted by Crippen LogP contribution is -2.26. The van der Waals surface area contributed by atoms with E-state index in [9.17, 15) is 5.11 Å². The number of aryl methyl sites for hydroxylation is 1. The third-order valence-corrected chi connectivity index (χ3v) is 2.06. The van der Waals surface area contributed by atoms with E-state index in [2.05, 4.69) is 10.3 Å². The lowest BCUT2D eigenvalue weighted by Gasteiger charge is -2.21. The van der Waals surface area contributed by atoms with Crippen LogP contribution in [0.1, 0.15) is 19.0 Å². The number of hydrogen-bond acceptors (Lipinski definition) is 4. The average molecular weight is 185 g/mol. The Morgan fingerprint density at radius 3 is 2.85 bits per heavy atom. The fourth-order valence-electron chi connectivity index (χ4n) is 1.21. The molecule has 13 heavy (non-hydrogen) atoms. The smallest absolute Gasteiger partial charge is 0.107 e. The molecule has 74 valence electrons. The highest BCUT2D eigenvalue weighted by atomic mass is 16.5. The van der Waals surface area contributed by atoms with E-state index in [0.717, 1.165) is 0 Å². The van der Waals surface area contributed by atoms with Gasteiger partial charge in [0.1, 0.15) is 5.60 Å². The van der Waals surface area contributed by atoms with Crippen molar-refractivity contribution in [2.45, 2.75) is 18.9 Å². The summed E-state index contributed by atoms with van der Waals surface area (Å²) in [6.45, 7) is 2.24. The molecule has 0 aliphatic rings. The molecule has 0 aliphatic carbocycles. The van der Waals surface area contributed by atoms with Crippen LogP contribution in [0.3, 0.4) is 0 Å². The molecule has 0 saturated heterocycles. The summed E-state index contributed by atoms with van der Waals surface area (Å²) >= 11 is 0. The lowest BCUT2D eigenvalue weighted by atomic mass is 9.99. The number of rotatable bonds is 4. The quantitative estimate of drug-likeness (QED) is 0.720.